The molecule has 0 fully saturated rings. The van der Waals surface area contributed by atoms with Crippen molar-refractivity contribution in [2.45, 2.75) is 25.7 Å². The van der Waals surface area contributed by atoms with Gasteiger partial charge in [-0.15, -0.1) is 0 Å². The Balaban J connectivity index is 2.64. The van der Waals surface area contributed by atoms with E-state index in [1.54, 1.807) is 0 Å². The second-order valence-corrected chi connectivity index (χ2v) is 3.41. The smallest absolute Gasteiger partial charge is 0.0627 e. The van der Waals surface area contributed by atoms with Crippen LogP contribution in [0.5, 0.6) is 0 Å². The number of hydrogen-bond donors (Lipinski definition) is 0. The van der Waals surface area contributed by atoms with Gasteiger partial charge in [-0.25, -0.2) is 0 Å². The minimum atomic E-state index is 0.843. The van der Waals surface area contributed by atoms with Crippen molar-refractivity contribution in [3.8, 4) is 0 Å². The quantitative estimate of drug-likeness (QED) is 0.545. The highest BCUT2D eigenvalue weighted by molar-refractivity contribution is 5.26. The molecule has 2 rings (SSSR count). The summed E-state index contributed by atoms with van der Waals surface area (Å²) in [5.41, 5.74) is 2.64. The number of nitrogens with zero attached hydrogens (tertiary/aromatic N) is 1. The molecule has 1 aliphatic carbocycles. The molecule has 0 unspecified atom stereocenters. The van der Waals surface area contributed by atoms with Crippen LogP contribution in [0.15, 0.2) is 6.07 Å². The van der Waals surface area contributed by atoms with Gasteiger partial charge in [0.2, 0.25) is 0 Å². The Labute approximate surface area is 72.5 Å². The van der Waals surface area contributed by atoms with Crippen molar-refractivity contribution < 1.29 is 0 Å². The first-order valence-corrected chi connectivity index (χ1v) is 4.44. The zero-order valence-corrected chi connectivity index (χ0v) is 7.27. The van der Waals surface area contributed by atoms with Crippen LogP contribution in [-0.2, 0) is 12.8 Å². The summed E-state index contributed by atoms with van der Waals surface area (Å²) < 4.78 is 0. The highest BCUT2D eigenvalue weighted by Gasteiger charge is 2.09. The lowest BCUT2D eigenvalue weighted by atomic mass is 9.96. The second-order valence-electron chi connectivity index (χ2n) is 3.41. The van der Waals surface area contributed by atoms with Crippen molar-refractivity contribution >= 4 is 13.2 Å². The van der Waals surface area contributed by atoms with Gasteiger partial charge >= 0.3 is 0 Å². The van der Waals surface area contributed by atoms with Crippen LogP contribution in [0.4, 0.5) is 0 Å². The molecule has 0 N–H and O–H groups in total. The maximum absolute atomic E-state index is 4.44. The molecule has 1 heteroatoms. The molecule has 12 heavy (non-hydrogen) atoms. The summed E-state index contributed by atoms with van der Waals surface area (Å²) in [6, 6.07) is 2.14. The highest BCUT2D eigenvalue weighted by atomic mass is 14.7. The molecule has 1 heterocycles. The first-order valence-electron chi connectivity index (χ1n) is 4.44. The highest BCUT2D eigenvalue weighted by Crippen LogP contribution is 2.15. The summed E-state index contributed by atoms with van der Waals surface area (Å²) in [4.78, 5) is 4.44. The molecule has 0 aliphatic heterocycles. The monoisotopic (exact) mass is 159 g/mol. The minimum Gasteiger partial charge on any atom is -0.253 e. The molecule has 0 spiro atoms. The molecule has 1 aromatic rings. The van der Waals surface area contributed by atoms with E-state index in [9.17, 15) is 0 Å². The average molecular weight is 159 g/mol. The van der Waals surface area contributed by atoms with E-state index in [1.165, 1.54) is 30.5 Å². The topological polar surface area (TPSA) is 12.9 Å². The molecule has 0 atom stereocenters. The van der Waals surface area contributed by atoms with Gasteiger partial charge in [-0.2, -0.15) is 0 Å². The van der Waals surface area contributed by atoms with Crippen LogP contribution >= 0.6 is 0 Å². The lowest BCUT2D eigenvalue weighted by Gasteiger charge is -2.13. The third-order valence-corrected chi connectivity index (χ3v) is 2.47. The minimum absolute atomic E-state index is 0.843. The molecular weight excluding hydrogens is 146 g/mol. The molecule has 0 radical (unpaired) electrons. The van der Waals surface area contributed by atoms with E-state index in [0.29, 0.717) is 0 Å². The fourth-order valence-corrected chi connectivity index (χ4v) is 1.72. The number of aromatic nitrogens is 1. The van der Waals surface area contributed by atoms with Crippen LogP contribution in [0.3, 0.4) is 0 Å². The van der Waals surface area contributed by atoms with Gasteiger partial charge in [-0.3, -0.25) is 4.98 Å². The van der Waals surface area contributed by atoms with E-state index in [1.807, 2.05) is 0 Å². The first kappa shape index (κ1) is 7.53. The van der Waals surface area contributed by atoms with Gasteiger partial charge in [-0.05, 0) is 42.5 Å². The SMILES string of the molecule is C=c1cc2c(nc1=C)CCCC2. The van der Waals surface area contributed by atoms with E-state index in [-0.39, 0.29) is 0 Å². The molecular formula is C11H13N. The number of aryl methyl sites for hydroxylation is 2. The second kappa shape index (κ2) is 2.74. The van der Waals surface area contributed by atoms with Gasteiger partial charge in [0.25, 0.3) is 0 Å². The molecule has 1 aromatic heterocycles. The van der Waals surface area contributed by atoms with E-state index in [4.69, 9.17) is 0 Å². The Hall–Kier alpha value is -1.11. The van der Waals surface area contributed by atoms with Crippen LogP contribution < -0.4 is 10.6 Å². The van der Waals surface area contributed by atoms with E-state index in [0.717, 1.165) is 17.0 Å². The van der Waals surface area contributed by atoms with Crippen LogP contribution in [-0.4, -0.2) is 4.98 Å². The van der Waals surface area contributed by atoms with E-state index >= 15 is 0 Å². The Morgan fingerprint density at radius 3 is 2.75 bits per heavy atom. The van der Waals surface area contributed by atoms with Crippen molar-refractivity contribution in [1.29, 1.82) is 0 Å². The van der Waals surface area contributed by atoms with Crippen molar-refractivity contribution in [3.05, 3.63) is 27.9 Å². The fourth-order valence-electron chi connectivity index (χ4n) is 1.72. The largest absolute Gasteiger partial charge is 0.253 e. The molecule has 1 nitrogen and oxygen atoms in total. The lowest BCUT2D eigenvalue weighted by molar-refractivity contribution is 0.664. The Kier molecular flexibility index (Phi) is 1.72. The Morgan fingerprint density at radius 1 is 1.17 bits per heavy atom. The van der Waals surface area contributed by atoms with Crippen LogP contribution in [0.25, 0.3) is 13.2 Å². The summed E-state index contributed by atoms with van der Waals surface area (Å²) in [5.74, 6) is 0. The van der Waals surface area contributed by atoms with Crippen LogP contribution in [0.1, 0.15) is 24.1 Å². The molecule has 0 saturated heterocycles. The number of hydrogen-bond acceptors (Lipinski definition) is 1. The van der Waals surface area contributed by atoms with Crippen molar-refractivity contribution in [3.63, 3.8) is 0 Å². The zero-order chi connectivity index (χ0) is 8.55. The summed E-state index contributed by atoms with van der Waals surface area (Å²) in [7, 11) is 0. The summed E-state index contributed by atoms with van der Waals surface area (Å²) >= 11 is 0. The number of pyridine rings is 1. The number of fused-ring (bicyclic) bond motifs is 1. The molecule has 0 saturated carbocycles. The van der Waals surface area contributed by atoms with Crippen molar-refractivity contribution in [1.82, 2.24) is 4.98 Å². The fraction of sp³-hybridized carbons (Fsp3) is 0.364. The van der Waals surface area contributed by atoms with Gasteiger partial charge < -0.3 is 0 Å². The van der Waals surface area contributed by atoms with E-state index in [2.05, 4.69) is 24.2 Å². The predicted molar refractivity (Wildman–Crippen MR) is 51.2 cm³/mol. The third kappa shape index (κ3) is 1.15. The maximum Gasteiger partial charge on any atom is 0.0627 e. The van der Waals surface area contributed by atoms with E-state index < -0.39 is 0 Å². The van der Waals surface area contributed by atoms with Crippen LogP contribution in [0, 0.1) is 0 Å². The maximum atomic E-state index is 4.44. The normalized spacial score (nSPS) is 15.7. The molecule has 0 bridgehead atoms. The summed E-state index contributed by atoms with van der Waals surface area (Å²) in [6.07, 6.45) is 4.86. The van der Waals surface area contributed by atoms with Crippen molar-refractivity contribution in [2.24, 2.45) is 0 Å². The van der Waals surface area contributed by atoms with Gasteiger partial charge in [-0.1, -0.05) is 13.2 Å². The summed E-state index contributed by atoms with van der Waals surface area (Å²) in [6.45, 7) is 7.76. The Bertz CT molecular complexity index is 353. The molecule has 62 valence electrons. The average Bonchev–Trinajstić information content (AvgIpc) is 2.07. The van der Waals surface area contributed by atoms with Gasteiger partial charge in [0.15, 0.2) is 0 Å². The molecule has 1 aliphatic rings. The van der Waals surface area contributed by atoms with Gasteiger partial charge in [0.05, 0.1) is 5.35 Å². The van der Waals surface area contributed by atoms with Gasteiger partial charge in [0, 0.05) is 5.69 Å². The molecule has 0 amide bonds. The third-order valence-electron chi connectivity index (χ3n) is 2.47. The standard InChI is InChI=1S/C11H13N/c1-8-7-10-5-3-4-6-11(10)12-9(8)2/h7H,1-6H2. The lowest BCUT2D eigenvalue weighted by Crippen LogP contribution is -2.28. The Morgan fingerprint density at radius 2 is 1.92 bits per heavy atom. The van der Waals surface area contributed by atoms with Gasteiger partial charge in [0.1, 0.15) is 0 Å². The zero-order valence-electron chi connectivity index (χ0n) is 7.27. The molecule has 0 aromatic carbocycles. The first-order chi connectivity index (χ1) is 5.77. The summed E-state index contributed by atoms with van der Waals surface area (Å²) in [5, 5.41) is 1.83. The number of rotatable bonds is 0. The van der Waals surface area contributed by atoms with Crippen molar-refractivity contribution in [2.75, 3.05) is 0 Å². The van der Waals surface area contributed by atoms with Crippen LogP contribution in [0.2, 0.25) is 0 Å². The predicted octanol–water partition coefficient (Wildman–Crippen LogP) is 0.781.